The predicted molar refractivity (Wildman–Crippen MR) is 113 cm³/mol. The molecule has 0 spiro atoms. The molecule has 0 aliphatic carbocycles. The van der Waals surface area contributed by atoms with E-state index in [-0.39, 0.29) is 0 Å². The van der Waals surface area contributed by atoms with E-state index < -0.39 is 7.14 Å². The zero-order valence-corrected chi connectivity index (χ0v) is 17.3. The van der Waals surface area contributed by atoms with Gasteiger partial charge in [0.15, 0.2) is 5.65 Å². The van der Waals surface area contributed by atoms with E-state index in [2.05, 4.69) is 25.4 Å². The molecule has 29 heavy (non-hydrogen) atoms. The van der Waals surface area contributed by atoms with Crippen molar-refractivity contribution >= 4 is 24.0 Å². The van der Waals surface area contributed by atoms with Crippen LogP contribution in [-0.2, 0) is 11.1 Å². The second-order valence-corrected chi connectivity index (χ2v) is 10.2. The van der Waals surface area contributed by atoms with E-state index in [0.29, 0.717) is 23.9 Å². The molecule has 0 atom stereocenters. The van der Waals surface area contributed by atoms with E-state index >= 15 is 0 Å². The molecule has 0 saturated carbocycles. The largest absolute Gasteiger partial charge is 0.495 e. The lowest BCUT2D eigenvalue weighted by Crippen LogP contribution is -2.07. The number of nitrogens with one attached hydrogen (secondary N) is 1. The minimum atomic E-state index is -2.29. The van der Waals surface area contributed by atoms with Gasteiger partial charge in [-0.2, -0.15) is 0 Å². The van der Waals surface area contributed by atoms with Gasteiger partial charge in [-0.1, -0.05) is 24.3 Å². The van der Waals surface area contributed by atoms with Gasteiger partial charge in [-0.05, 0) is 25.0 Å². The molecule has 0 aliphatic rings. The average Bonchev–Trinajstić information content (AvgIpc) is 3.15. The first kappa shape index (κ1) is 19.1. The third-order valence-corrected chi connectivity index (χ3v) is 6.04. The van der Waals surface area contributed by atoms with Gasteiger partial charge in [0.05, 0.1) is 31.4 Å². The van der Waals surface area contributed by atoms with Crippen LogP contribution in [0.4, 0.5) is 5.95 Å². The Morgan fingerprint density at radius 3 is 2.59 bits per heavy atom. The Morgan fingerprint density at radius 2 is 1.86 bits per heavy atom. The van der Waals surface area contributed by atoms with Crippen molar-refractivity contribution in [1.82, 2.24) is 24.6 Å². The van der Waals surface area contributed by atoms with Crippen LogP contribution in [0.25, 0.3) is 16.9 Å². The van der Waals surface area contributed by atoms with Crippen LogP contribution in [0.3, 0.4) is 0 Å². The fourth-order valence-corrected chi connectivity index (χ4v) is 3.78. The van der Waals surface area contributed by atoms with E-state index in [1.807, 2.05) is 30.3 Å². The van der Waals surface area contributed by atoms with Crippen LogP contribution < -0.4 is 15.4 Å². The van der Waals surface area contributed by atoms with Gasteiger partial charge in [0.2, 0.25) is 5.95 Å². The number of fused-ring (bicyclic) bond motifs is 1. The Balaban J connectivity index is 1.60. The Labute approximate surface area is 168 Å². The summed E-state index contributed by atoms with van der Waals surface area (Å²) in [7, 11) is -0.678. The van der Waals surface area contributed by atoms with E-state index in [4.69, 9.17) is 4.74 Å². The highest BCUT2D eigenvalue weighted by Crippen LogP contribution is 2.35. The second kappa shape index (κ2) is 7.64. The molecule has 8 nitrogen and oxygen atoms in total. The topological polar surface area (TPSA) is 94.3 Å². The lowest BCUT2D eigenvalue weighted by molar-refractivity contribution is 0.412. The van der Waals surface area contributed by atoms with Gasteiger partial charge in [-0.15, -0.1) is 5.10 Å². The lowest BCUT2D eigenvalue weighted by atomic mass is 10.2. The SMILES string of the molecule is COc1cncc(CNc2ncc3ncc(-c4ccc(P(C)(C)=O)cc4)n3n2)c1. The zero-order chi connectivity index (χ0) is 20.4. The molecule has 1 aromatic carbocycles. The van der Waals surface area contributed by atoms with Gasteiger partial charge in [-0.25, -0.2) is 14.5 Å². The molecule has 9 heteroatoms. The quantitative estimate of drug-likeness (QED) is 0.490. The number of benzene rings is 1. The zero-order valence-electron chi connectivity index (χ0n) is 16.4. The fraction of sp³-hybridized carbons (Fsp3) is 0.200. The molecule has 0 unspecified atom stereocenters. The van der Waals surface area contributed by atoms with Gasteiger partial charge in [-0.3, -0.25) is 4.98 Å². The summed E-state index contributed by atoms with van der Waals surface area (Å²) < 4.78 is 19.2. The average molecular weight is 408 g/mol. The monoisotopic (exact) mass is 408 g/mol. The summed E-state index contributed by atoms with van der Waals surface area (Å²) in [6.07, 6.45) is 6.85. The van der Waals surface area contributed by atoms with Gasteiger partial charge < -0.3 is 14.6 Å². The number of hydrogen-bond acceptors (Lipinski definition) is 7. The van der Waals surface area contributed by atoms with Crippen molar-refractivity contribution in [2.75, 3.05) is 25.8 Å². The fourth-order valence-electron chi connectivity index (χ4n) is 2.91. The Kier molecular flexibility index (Phi) is 5.03. The highest BCUT2D eigenvalue weighted by molar-refractivity contribution is 7.70. The van der Waals surface area contributed by atoms with Crippen LogP contribution in [0.2, 0.25) is 0 Å². The van der Waals surface area contributed by atoms with E-state index in [0.717, 1.165) is 22.1 Å². The third-order valence-electron chi connectivity index (χ3n) is 4.50. The van der Waals surface area contributed by atoms with E-state index in [1.165, 1.54) is 0 Å². The Morgan fingerprint density at radius 1 is 1.07 bits per heavy atom. The maximum absolute atomic E-state index is 12.2. The summed E-state index contributed by atoms with van der Waals surface area (Å²) in [5.41, 5.74) is 3.38. The number of ether oxygens (including phenoxy) is 1. The number of pyridine rings is 1. The molecule has 0 saturated heterocycles. The van der Waals surface area contributed by atoms with Gasteiger partial charge >= 0.3 is 0 Å². The van der Waals surface area contributed by atoms with Crippen molar-refractivity contribution in [1.29, 1.82) is 0 Å². The number of anilines is 1. The summed E-state index contributed by atoms with van der Waals surface area (Å²) in [4.78, 5) is 12.8. The van der Waals surface area contributed by atoms with Crippen molar-refractivity contribution in [2.24, 2.45) is 0 Å². The van der Waals surface area contributed by atoms with E-state index in [1.54, 1.807) is 49.7 Å². The normalized spacial score (nSPS) is 11.6. The minimum absolute atomic E-state index is 0.475. The second-order valence-electron chi connectivity index (χ2n) is 6.98. The molecular weight excluding hydrogens is 387 g/mol. The number of aromatic nitrogens is 5. The third kappa shape index (κ3) is 4.12. The molecule has 3 aromatic heterocycles. The van der Waals surface area contributed by atoms with Crippen molar-refractivity contribution in [3.8, 4) is 17.0 Å². The number of nitrogens with zero attached hydrogens (tertiary/aromatic N) is 5. The van der Waals surface area contributed by atoms with Crippen LogP contribution in [0.1, 0.15) is 5.56 Å². The lowest BCUT2D eigenvalue weighted by Gasteiger charge is -2.09. The molecular formula is C20H21N6O2P. The number of hydrogen-bond donors (Lipinski definition) is 1. The first-order chi connectivity index (χ1) is 13.9. The molecule has 148 valence electrons. The number of imidazole rings is 1. The Hall–Kier alpha value is -3.25. The molecule has 0 amide bonds. The molecule has 3 heterocycles. The molecule has 0 radical (unpaired) electrons. The maximum Gasteiger partial charge on any atom is 0.241 e. The van der Waals surface area contributed by atoms with Gasteiger partial charge in [0.25, 0.3) is 0 Å². The summed E-state index contributed by atoms with van der Waals surface area (Å²) in [6.45, 7) is 4.04. The van der Waals surface area contributed by atoms with Crippen molar-refractivity contribution in [3.05, 3.63) is 60.7 Å². The van der Waals surface area contributed by atoms with Crippen LogP contribution in [0, 0.1) is 0 Å². The van der Waals surface area contributed by atoms with E-state index in [9.17, 15) is 4.57 Å². The predicted octanol–water partition coefficient (Wildman–Crippen LogP) is 3.06. The number of methoxy groups -OCH3 is 1. The summed E-state index contributed by atoms with van der Waals surface area (Å²) >= 11 is 0. The molecule has 4 aromatic rings. The summed E-state index contributed by atoms with van der Waals surface area (Å²) in [5.74, 6) is 1.17. The molecule has 4 rings (SSSR count). The van der Waals surface area contributed by atoms with Crippen LogP contribution in [-0.4, -0.2) is 45.0 Å². The van der Waals surface area contributed by atoms with Crippen molar-refractivity contribution in [3.63, 3.8) is 0 Å². The van der Waals surface area contributed by atoms with Crippen molar-refractivity contribution < 1.29 is 9.30 Å². The van der Waals surface area contributed by atoms with Crippen molar-refractivity contribution in [2.45, 2.75) is 6.54 Å². The first-order valence-electron chi connectivity index (χ1n) is 9.02. The number of rotatable bonds is 6. The highest BCUT2D eigenvalue weighted by atomic mass is 31.2. The van der Waals surface area contributed by atoms with Gasteiger partial charge in [0, 0.05) is 23.6 Å². The smallest absolute Gasteiger partial charge is 0.241 e. The highest BCUT2D eigenvalue weighted by Gasteiger charge is 2.13. The van der Waals surface area contributed by atoms with Crippen LogP contribution in [0.5, 0.6) is 5.75 Å². The molecule has 0 aliphatic heterocycles. The minimum Gasteiger partial charge on any atom is -0.495 e. The molecule has 0 bridgehead atoms. The standard InChI is InChI=1S/C20H21N6O2P/c1-28-16-8-14(9-21-11-16)10-23-20-24-13-19-22-12-18(26(19)25-20)15-4-6-17(7-5-15)29(2,3)27/h4-9,11-13H,10H2,1-3H3,(H,23,25). The van der Waals surface area contributed by atoms with Crippen LogP contribution in [0.15, 0.2) is 55.1 Å². The summed E-state index contributed by atoms with van der Waals surface area (Å²) in [6, 6.07) is 9.57. The van der Waals surface area contributed by atoms with Gasteiger partial charge in [0.1, 0.15) is 12.9 Å². The summed E-state index contributed by atoms with van der Waals surface area (Å²) in [5, 5.41) is 8.61. The first-order valence-corrected chi connectivity index (χ1v) is 11.6. The maximum atomic E-state index is 12.2. The van der Waals surface area contributed by atoms with Crippen LogP contribution >= 0.6 is 7.14 Å². The molecule has 0 fully saturated rings. The Bertz CT molecular complexity index is 1200. The molecule has 1 N–H and O–H groups in total.